The van der Waals surface area contributed by atoms with Crippen molar-refractivity contribution < 1.29 is 31.5 Å². The summed E-state index contributed by atoms with van der Waals surface area (Å²) in [5.41, 5.74) is 4.06. The van der Waals surface area contributed by atoms with Crippen LogP contribution in [0.3, 0.4) is 0 Å². The van der Waals surface area contributed by atoms with E-state index in [1.807, 2.05) is 0 Å². The van der Waals surface area contributed by atoms with E-state index >= 15 is 0 Å². The molecule has 1 aliphatic carbocycles. The Bertz CT molecular complexity index is 882. The zero-order chi connectivity index (χ0) is 22.3. The third kappa shape index (κ3) is 4.53. The van der Waals surface area contributed by atoms with Crippen molar-refractivity contribution in [1.82, 2.24) is 14.7 Å². The van der Waals surface area contributed by atoms with Crippen LogP contribution in [-0.2, 0) is 10.3 Å². The lowest BCUT2D eigenvalue weighted by atomic mass is 9.87. The standard InChI is InChI=1S/C17H19F5N6O2/c1-24-8-15(2-4-27(5-3-15)9-17(20,21)22)28-7-10(12(23)29)13(26-28)25-14(30)11-6-16(11,18)19/h7,11H,2-6,8-9H2,(H2,23,29)(H,25,26,30). The quantitative estimate of drug-likeness (QED) is 0.528. The van der Waals surface area contributed by atoms with Crippen molar-refractivity contribution in [3.05, 3.63) is 23.2 Å². The molecule has 1 aromatic heterocycles. The van der Waals surface area contributed by atoms with Gasteiger partial charge in [0.1, 0.15) is 17.0 Å². The highest BCUT2D eigenvalue weighted by Crippen LogP contribution is 2.49. The highest BCUT2D eigenvalue weighted by Gasteiger charge is 2.61. The van der Waals surface area contributed by atoms with Crippen molar-refractivity contribution in [2.75, 3.05) is 31.5 Å². The summed E-state index contributed by atoms with van der Waals surface area (Å²) >= 11 is 0. The number of amides is 2. The van der Waals surface area contributed by atoms with E-state index in [0.29, 0.717) is 0 Å². The number of carbonyl (C=O) groups is 2. The Labute approximate surface area is 168 Å². The van der Waals surface area contributed by atoms with Gasteiger partial charge in [0.2, 0.25) is 12.5 Å². The molecule has 3 rings (SSSR count). The Morgan fingerprint density at radius 2 is 1.93 bits per heavy atom. The largest absolute Gasteiger partial charge is 0.401 e. The van der Waals surface area contributed by atoms with Gasteiger partial charge >= 0.3 is 6.18 Å². The summed E-state index contributed by atoms with van der Waals surface area (Å²) in [6.07, 6.45) is -3.48. The number of hydrogen-bond acceptors (Lipinski definition) is 4. The Balaban J connectivity index is 1.83. The lowest BCUT2D eigenvalue weighted by molar-refractivity contribution is -0.150. The van der Waals surface area contributed by atoms with E-state index in [1.54, 1.807) is 0 Å². The van der Waals surface area contributed by atoms with Crippen LogP contribution in [0.2, 0.25) is 0 Å². The smallest absolute Gasteiger partial charge is 0.365 e. The van der Waals surface area contributed by atoms with Crippen LogP contribution in [0, 0.1) is 12.5 Å². The molecule has 2 fully saturated rings. The molecule has 2 amide bonds. The number of likely N-dealkylation sites (tertiary alicyclic amines) is 1. The highest BCUT2D eigenvalue weighted by molar-refractivity contribution is 6.03. The minimum Gasteiger partial charge on any atom is -0.365 e. The molecule has 164 valence electrons. The summed E-state index contributed by atoms with van der Waals surface area (Å²) in [5, 5.41) is 6.28. The van der Waals surface area contributed by atoms with Crippen molar-refractivity contribution in [1.29, 1.82) is 0 Å². The van der Waals surface area contributed by atoms with E-state index < -0.39 is 48.3 Å². The molecule has 0 aromatic carbocycles. The molecule has 30 heavy (non-hydrogen) atoms. The molecule has 8 nitrogen and oxygen atoms in total. The van der Waals surface area contributed by atoms with Gasteiger partial charge < -0.3 is 15.9 Å². The van der Waals surface area contributed by atoms with Gasteiger partial charge in [-0.3, -0.25) is 19.2 Å². The fourth-order valence-corrected chi connectivity index (χ4v) is 3.58. The predicted molar refractivity (Wildman–Crippen MR) is 93.6 cm³/mol. The third-order valence-corrected chi connectivity index (χ3v) is 5.41. The van der Waals surface area contributed by atoms with Gasteiger partial charge in [0, 0.05) is 25.7 Å². The number of aromatic nitrogens is 2. The molecule has 2 heterocycles. The lowest BCUT2D eigenvalue weighted by Crippen LogP contribution is -2.50. The molecule has 13 heteroatoms. The van der Waals surface area contributed by atoms with Gasteiger partial charge in [0.15, 0.2) is 5.82 Å². The first-order chi connectivity index (χ1) is 13.9. The Morgan fingerprint density at radius 3 is 2.40 bits per heavy atom. The van der Waals surface area contributed by atoms with Crippen molar-refractivity contribution >= 4 is 17.6 Å². The molecular formula is C17H19F5N6O2. The molecule has 1 saturated carbocycles. The summed E-state index contributed by atoms with van der Waals surface area (Å²) in [4.78, 5) is 28.3. The highest BCUT2D eigenvalue weighted by atomic mass is 19.4. The molecule has 0 bridgehead atoms. The van der Waals surface area contributed by atoms with Crippen LogP contribution in [-0.4, -0.2) is 64.8 Å². The average Bonchev–Trinajstić information content (AvgIpc) is 3.07. The zero-order valence-electron chi connectivity index (χ0n) is 15.7. The van der Waals surface area contributed by atoms with Gasteiger partial charge in [-0.2, -0.15) is 18.3 Å². The second kappa shape index (κ2) is 7.50. The van der Waals surface area contributed by atoms with E-state index in [-0.39, 0.29) is 43.9 Å². The number of halogens is 5. The molecule has 1 aliphatic heterocycles. The SMILES string of the molecule is [C-]#[N+]CC1(n2cc(C(N)=O)c(NC(=O)C3CC3(F)F)n2)CCN(CC(F)(F)F)CC1. The molecular weight excluding hydrogens is 415 g/mol. The maximum Gasteiger partial charge on any atom is 0.401 e. The second-order valence-electron chi connectivity index (χ2n) is 7.64. The van der Waals surface area contributed by atoms with Gasteiger partial charge in [-0.25, -0.2) is 15.4 Å². The van der Waals surface area contributed by atoms with Crippen LogP contribution in [0.4, 0.5) is 27.8 Å². The molecule has 1 unspecified atom stereocenters. The number of anilines is 1. The zero-order valence-corrected chi connectivity index (χ0v) is 15.7. The van der Waals surface area contributed by atoms with Gasteiger partial charge in [-0.15, -0.1) is 0 Å². The number of nitrogens with zero attached hydrogens (tertiary/aromatic N) is 4. The summed E-state index contributed by atoms with van der Waals surface area (Å²) in [5.74, 6) is -6.92. The average molecular weight is 434 g/mol. The minimum absolute atomic E-state index is 0.0385. The number of carbonyl (C=O) groups excluding carboxylic acids is 2. The first kappa shape index (κ1) is 21.9. The summed E-state index contributed by atoms with van der Waals surface area (Å²) in [7, 11) is 0. The van der Waals surface area contributed by atoms with E-state index in [4.69, 9.17) is 12.3 Å². The van der Waals surface area contributed by atoms with Crippen LogP contribution in [0.5, 0.6) is 0 Å². The Morgan fingerprint density at radius 1 is 1.33 bits per heavy atom. The van der Waals surface area contributed by atoms with Gasteiger partial charge in [0.05, 0.1) is 6.54 Å². The molecule has 0 spiro atoms. The first-order valence-corrected chi connectivity index (χ1v) is 9.08. The van der Waals surface area contributed by atoms with Crippen molar-refractivity contribution in [2.24, 2.45) is 11.7 Å². The van der Waals surface area contributed by atoms with Gasteiger partial charge in [0.25, 0.3) is 11.8 Å². The van der Waals surface area contributed by atoms with Crippen LogP contribution in [0.1, 0.15) is 29.6 Å². The third-order valence-electron chi connectivity index (χ3n) is 5.41. The van der Waals surface area contributed by atoms with Crippen molar-refractivity contribution in [3.63, 3.8) is 0 Å². The summed E-state index contributed by atoms with van der Waals surface area (Å²) < 4.78 is 65.4. The topological polar surface area (TPSA) is 97.6 Å². The fraction of sp³-hybridized carbons (Fsp3) is 0.647. The van der Waals surface area contributed by atoms with E-state index in [0.717, 1.165) is 0 Å². The Kier molecular flexibility index (Phi) is 5.48. The van der Waals surface area contributed by atoms with Crippen LogP contribution in [0.15, 0.2) is 6.20 Å². The second-order valence-corrected chi connectivity index (χ2v) is 7.64. The molecule has 2 aliphatic rings. The maximum atomic E-state index is 13.1. The number of hydrogen-bond donors (Lipinski definition) is 2. The molecule has 1 saturated heterocycles. The van der Waals surface area contributed by atoms with Gasteiger partial charge in [-0.1, -0.05) is 0 Å². The molecule has 0 radical (unpaired) electrons. The summed E-state index contributed by atoms with van der Waals surface area (Å²) in [6.45, 7) is 6.09. The van der Waals surface area contributed by atoms with Crippen molar-refractivity contribution in [2.45, 2.75) is 36.9 Å². The number of nitrogens with two attached hydrogens (primary N) is 1. The van der Waals surface area contributed by atoms with E-state index in [2.05, 4.69) is 15.3 Å². The molecule has 1 aromatic rings. The van der Waals surface area contributed by atoms with Crippen LogP contribution in [0.25, 0.3) is 4.85 Å². The normalized spacial score (nSPS) is 22.9. The molecule has 1 atom stereocenters. The minimum atomic E-state index is -4.35. The number of rotatable bonds is 6. The first-order valence-electron chi connectivity index (χ1n) is 9.08. The summed E-state index contributed by atoms with van der Waals surface area (Å²) in [6, 6.07) is 0. The maximum absolute atomic E-state index is 13.1. The number of primary amides is 1. The Hall–Kier alpha value is -2.75. The monoisotopic (exact) mass is 434 g/mol. The number of alkyl halides is 5. The number of nitrogens with one attached hydrogen (secondary N) is 1. The number of piperidine rings is 1. The lowest BCUT2D eigenvalue weighted by Gasteiger charge is -2.38. The predicted octanol–water partition coefficient (Wildman–Crippen LogP) is 1.85. The molecule has 3 N–H and O–H groups in total. The van der Waals surface area contributed by atoms with Crippen LogP contribution < -0.4 is 11.1 Å². The van der Waals surface area contributed by atoms with Gasteiger partial charge in [-0.05, 0) is 12.8 Å². The fourth-order valence-electron chi connectivity index (χ4n) is 3.58. The van der Waals surface area contributed by atoms with Crippen LogP contribution >= 0.6 is 0 Å². The van der Waals surface area contributed by atoms with Crippen molar-refractivity contribution in [3.8, 4) is 0 Å². The van der Waals surface area contributed by atoms with E-state index in [1.165, 1.54) is 15.8 Å². The van der Waals surface area contributed by atoms with E-state index in [9.17, 15) is 31.5 Å².